The van der Waals surface area contributed by atoms with Crippen LogP contribution in [0.3, 0.4) is 0 Å². The molecule has 0 radical (unpaired) electrons. The Balaban J connectivity index is 2.45. The van der Waals surface area contributed by atoms with Gasteiger partial charge in [-0.3, -0.25) is 4.79 Å². The molecule has 3 heteroatoms. The largest absolute Gasteiger partial charge is 0.300 e. The van der Waals surface area contributed by atoms with E-state index in [2.05, 4.69) is 5.92 Å². The van der Waals surface area contributed by atoms with Gasteiger partial charge in [0.25, 0.3) is 0 Å². The molecule has 0 bridgehead atoms. The van der Waals surface area contributed by atoms with E-state index in [0.717, 1.165) is 11.3 Å². The molecule has 0 saturated carbocycles. The normalized spacial score (nSPS) is 14.0. The summed E-state index contributed by atoms with van der Waals surface area (Å²) in [6, 6.07) is 5.43. The van der Waals surface area contributed by atoms with Crippen molar-refractivity contribution in [3.05, 3.63) is 28.8 Å². The SMILES string of the molecule is C#CCN1C(=O)Cc2ccc(Cl)cc21. The standard InChI is InChI=1S/C11H8ClNO/c1-2-5-13-10-7-9(12)4-3-8(10)6-11(13)14/h1,3-4,7H,5-6H2. The van der Waals surface area contributed by atoms with E-state index in [1.165, 1.54) is 0 Å². The van der Waals surface area contributed by atoms with Gasteiger partial charge in [-0.25, -0.2) is 0 Å². The first-order chi connectivity index (χ1) is 6.72. The van der Waals surface area contributed by atoms with Crippen molar-refractivity contribution in [2.75, 3.05) is 11.4 Å². The number of terminal acetylenes is 1. The highest BCUT2D eigenvalue weighted by molar-refractivity contribution is 6.31. The highest BCUT2D eigenvalue weighted by Crippen LogP contribution is 2.30. The van der Waals surface area contributed by atoms with Crippen LogP contribution in [0.2, 0.25) is 5.02 Å². The van der Waals surface area contributed by atoms with Crippen LogP contribution < -0.4 is 4.90 Å². The molecular weight excluding hydrogens is 198 g/mol. The topological polar surface area (TPSA) is 20.3 Å². The molecule has 0 spiro atoms. The molecule has 1 aromatic rings. The molecule has 1 aliphatic heterocycles. The Morgan fingerprint density at radius 1 is 1.57 bits per heavy atom. The van der Waals surface area contributed by atoms with E-state index in [-0.39, 0.29) is 5.91 Å². The maximum Gasteiger partial charge on any atom is 0.232 e. The van der Waals surface area contributed by atoms with Gasteiger partial charge in [0.1, 0.15) is 0 Å². The fraction of sp³-hybridized carbons (Fsp3) is 0.182. The molecule has 0 atom stereocenters. The van der Waals surface area contributed by atoms with Crippen LogP contribution in [0.5, 0.6) is 0 Å². The molecule has 2 nitrogen and oxygen atoms in total. The number of hydrogen-bond donors (Lipinski definition) is 0. The summed E-state index contributed by atoms with van der Waals surface area (Å²) in [6.07, 6.45) is 5.61. The molecule has 2 rings (SSSR count). The summed E-state index contributed by atoms with van der Waals surface area (Å²) in [5.74, 6) is 2.50. The van der Waals surface area contributed by atoms with Crippen molar-refractivity contribution in [1.82, 2.24) is 0 Å². The summed E-state index contributed by atoms with van der Waals surface area (Å²) < 4.78 is 0. The van der Waals surface area contributed by atoms with E-state index in [1.54, 1.807) is 17.0 Å². The van der Waals surface area contributed by atoms with Crippen molar-refractivity contribution >= 4 is 23.2 Å². The Bertz CT molecular complexity index is 433. The van der Waals surface area contributed by atoms with Crippen LogP contribution in [0, 0.1) is 12.3 Å². The minimum atomic E-state index is 0.0419. The summed E-state index contributed by atoms with van der Waals surface area (Å²) in [5.41, 5.74) is 1.84. The lowest BCUT2D eigenvalue weighted by Gasteiger charge is -2.13. The van der Waals surface area contributed by atoms with Gasteiger partial charge >= 0.3 is 0 Å². The van der Waals surface area contributed by atoms with E-state index < -0.39 is 0 Å². The van der Waals surface area contributed by atoms with Crippen molar-refractivity contribution in [2.24, 2.45) is 0 Å². The predicted octanol–water partition coefficient (Wildman–Crippen LogP) is 1.86. The van der Waals surface area contributed by atoms with Gasteiger partial charge in [-0.05, 0) is 17.7 Å². The van der Waals surface area contributed by atoms with E-state index in [9.17, 15) is 4.79 Å². The second-order valence-corrected chi connectivity index (χ2v) is 3.57. The third kappa shape index (κ3) is 1.36. The van der Waals surface area contributed by atoms with Crippen molar-refractivity contribution < 1.29 is 4.79 Å². The molecule has 1 amide bonds. The van der Waals surface area contributed by atoms with Crippen LogP contribution in [-0.2, 0) is 11.2 Å². The number of rotatable bonds is 1. The smallest absolute Gasteiger partial charge is 0.232 e. The van der Waals surface area contributed by atoms with E-state index >= 15 is 0 Å². The average Bonchev–Trinajstić information content (AvgIpc) is 2.45. The molecule has 0 unspecified atom stereocenters. The van der Waals surface area contributed by atoms with Gasteiger partial charge in [0, 0.05) is 10.7 Å². The molecule has 0 fully saturated rings. The minimum absolute atomic E-state index is 0.0419. The lowest BCUT2D eigenvalue weighted by atomic mass is 10.2. The fourth-order valence-electron chi connectivity index (χ4n) is 1.60. The van der Waals surface area contributed by atoms with Crippen molar-refractivity contribution in [2.45, 2.75) is 6.42 Å². The number of carbonyl (C=O) groups excluding carboxylic acids is 1. The first-order valence-corrected chi connectivity index (χ1v) is 4.62. The van der Waals surface area contributed by atoms with E-state index in [1.807, 2.05) is 6.07 Å². The van der Waals surface area contributed by atoms with Gasteiger partial charge in [-0.1, -0.05) is 23.6 Å². The van der Waals surface area contributed by atoms with Crippen LogP contribution in [0.15, 0.2) is 18.2 Å². The van der Waals surface area contributed by atoms with Gasteiger partial charge in [-0.2, -0.15) is 0 Å². The van der Waals surface area contributed by atoms with Crippen molar-refractivity contribution in [1.29, 1.82) is 0 Å². The molecule has 0 saturated heterocycles. The summed E-state index contributed by atoms with van der Waals surface area (Å²) in [4.78, 5) is 13.1. The highest BCUT2D eigenvalue weighted by Gasteiger charge is 2.26. The number of fused-ring (bicyclic) bond motifs is 1. The van der Waals surface area contributed by atoms with E-state index in [0.29, 0.717) is 18.0 Å². The van der Waals surface area contributed by atoms with Crippen LogP contribution in [0.25, 0.3) is 0 Å². The maximum absolute atomic E-state index is 11.5. The number of hydrogen-bond acceptors (Lipinski definition) is 1. The Morgan fingerprint density at radius 2 is 2.36 bits per heavy atom. The molecule has 1 heterocycles. The number of halogens is 1. The number of benzene rings is 1. The van der Waals surface area contributed by atoms with Gasteiger partial charge in [0.05, 0.1) is 13.0 Å². The zero-order valence-electron chi connectivity index (χ0n) is 7.46. The number of nitrogens with zero attached hydrogens (tertiary/aromatic N) is 1. The van der Waals surface area contributed by atoms with Crippen LogP contribution in [0.4, 0.5) is 5.69 Å². The van der Waals surface area contributed by atoms with Gasteiger partial charge < -0.3 is 4.90 Å². The van der Waals surface area contributed by atoms with Crippen LogP contribution >= 0.6 is 11.6 Å². The average molecular weight is 206 g/mol. The van der Waals surface area contributed by atoms with E-state index in [4.69, 9.17) is 18.0 Å². The molecule has 70 valence electrons. The first kappa shape index (κ1) is 9.11. The summed E-state index contributed by atoms with van der Waals surface area (Å²) in [5, 5.41) is 0.625. The van der Waals surface area contributed by atoms with Crippen molar-refractivity contribution in [3.63, 3.8) is 0 Å². The van der Waals surface area contributed by atoms with Gasteiger partial charge in [0.2, 0.25) is 5.91 Å². The number of carbonyl (C=O) groups is 1. The van der Waals surface area contributed by atoms with Gasteiger partial charge in [0.15, 0.2) is 0 Å². The fourth-order valence-corrected chi connectivity index (χ4v) is 1.76. The second kappa shape index (κ2) is 3.36. The molecule has 0 N–H and O–H groups in total. The predicted molar refractivity (Wildman–Crippen MR) is 56.3 cm³/mol. The van der Waals surface area contributed by atoms with Crippen LogP contribution in [-0.4, -0.2) is 12.5 Å². The molecule has 1 aromatic carbocycles. The summed E-state index contributed by atoms with van der Waals surface area (Å²) in [6.45, 7) is 0.312. The second-order valence-electron chi connectivity index (χ2n) is 3.13. The monoisotopic (exact) mass is 205 g/mol. The first-order valence-electron chi connectivity index (χ1n) is 4.24. The Morgan fingerprint density at radius 3 is 3.07 bits per heavy atom. The zero-order valence-corrected chi connectivity index (χ0v) is 8.21. The third-order valence-corrected chi connectivity index (χ3v) is 2.47. The number of anilines is 1. The Labute approximate surface area is 87.5 Å². The summed E-state index contributed by atoms with van der Waals surface area (Å²) in [7, 11) is 0. The maximum atomic E-state index is 11.5. The molecular formula is C11H8ClNO. The lowest BCUT2D eigenvalue weighted by molar-refractivity contribution is -0.117. The summed E-state index contributed by atoms with van der Waals surface area (Å²) >= 11 is 5.85. The quantitative estimate of drug-likeness (QED) is 0.641. The lowest BCUT2D eigenvalue weighted by Crippen LogP contribution is -2.26. The molecule has 14 heavy (non-hydrogen) atoms. The van der Waals surface area contributed by atoms with Crippen LogP contribution in [0.1, 0.15) is 5.56 Å². The van der Waals surface area contributed by atoms with Gasteiger partial charge in [-0.15, -0.1) is 6.42 Å². The molecule has 0 aromatic heterocycles. The molecule has 0 aliphatic carbocycles. The molecule has 1 aliphatic rings. The minimum Gasteiger partial charge on any atom is -0.300 e. The number of amides is 1. The Kier molecular flexibility index (Phi) is 2.18. The Hall–Kier alpha value is -1.46. The third-order valence-electron chi connectivity index (χ3n) is 2.23. The van der Waals surface area contributed by atoms with Crippen molar-refractivity contribution in [3.8, 4) is 12.3 Å². The zero-order chi connectivity index (χ0) is 10.1. The highest BCUT2D eigenvalue weighted by atomic mass is 35.5.